The lowest BCUT2D eigenvalue weighted by Gasteiger charge is -2.15. The van der Waals surface area contributed by atoms with Crippen molar-refractivity contribution >= 4 is 75.1 Å². The third-order valence-electron chi connectivity index (χ3n) is 11.3. The normalized spacial score (nSPS) is 11.8. The van der Waals surface area contributed by atoms with Crippen LogP contribution in [0.1, 0.15) is 0 Å². The third kappa shape index (κ3) is 5.18. The lowest BCUT2D eigenvalue weighted by Crippen LogP contribution is -1.97. The minimum Gasteiger partial charge on any atom is -0.454 e. The van der Waals surface area contributed by atoms with Gasteiger partial charge in [-0.3, -0.25) is 0 Å². The minimum absolute atomic E-state index is 0.719. The molecule has 0 unspecified atom stereocenters. The molecule has 0 aliphatic rings. The molecule has 0 atom stereocenters. The first kappa shape index (κ1) is 32.7. The number of benzene rings is 8. The van der Waals surface area contributed by atoms with Crippen LogP contribution in [0.4, 0.5) is 0 Å². The summed E-state index contributed by atoms with van der Waals surface area (Å²) in [5, 5.41) is 7.91. The Morgan fingerprint density at radius 2 is 1.00 bits per heavy atom. The summed E-state index contributed by atoms with van der Waals surface area (Å²) in [6.45, 7) is 0. The number of para-hydroxylation sites is 1. The fourth-order valence-corrected chi connectivity index (χ4v) is 9.81. The molecule has 4 nitrogen and oxygen atoms in total. The number of hydrogen-bond donors (Lipinski definition) is 0. The number of pyridine rings is 1. The zero-order valence-corrected chi connectivity index (χ0v) is 31.9. The molecule has 12 aromatic rings. The maximum Gasteiger partial charge on any atom is 0.161 e. The molecular formula is C53H31N3OS. The highest BCUT2D eigenvalue weighted by Gasteiger charge is 2.19. The van der Waals surface area contributed by atoms with Gasteiger partial charge in [-0.2, -0.15) is 0 Å². The average molecular weight is 758 g/mol. The van der Waals surface area contributed by atoms with Gasteiger partial charge in [0.1, 0.15) is 11.1 Å². The highest BCUT2D eigenvalue weighted by atomic mass is 32.1. The van der Waals surface area contributed by atoms with Gasteiger partial charge < -0.3 is 4.42 Å². The van der Waals surface area contributed by atoms with Gasteiger partial charge in [0.25, 0.3) is 0 Å². The number of rotatable bonds is 5. The van der Waals surface area contributed by atoms with Crippen LogP contribution in [0.2, 0.25) is 0 Å². The van der Waals surface area contributed by atoms with Crippen LogP contribution < -0.4 is 0 Å². The molecule has 0 saturated heterocycles. The molecule has 270 valence electrons. The molecule has 0 fully saturated rings. The quantitative estimate of drug-likeness (QED) is 0.175. The van der Waals surface area contributed by atoms with Gasteiger partial charge in [0.2, 0.25) is 0 Å². The van der Waals surface area contributed by atoms with Gasteiger partial charge in [-0.05, 0) is 58.3 Å². The maximum atomic E-state index is 6.37. The van der Waals surface area contributed by atoms with Crippen LogP contribution >= 0.6 is 11.3 Å². The molecular weight excluding hydrogens is 727 g/mol. The first-order valence-corrected chi connectivity index (χ1v) is 20.2. The zero-order chi connectivity index (χ0) is 38.2. The van der Waals surface area contributed by atoms with Crippen molar-refractivity contribution in [2.24, 2.45) is 0 Å². The first-order valence-electron chi connectivity index (χ1n) is 19.4. The van der Waals surface area contributed by atoms with Gasteiger partial charge >= 0.3 is 0 Å². The summed E-state index contributed by atoms with van der Waals surface area (Å²) >= 11 is 1.80. The first-order chi connectivity index (χ1) is 28.7. The van der Waals surface area contributed by atoms with E-state index in [4.69, 9.17) is 19.4 Å². The van der Waals surface area contributed by atoms with E-state index in [0.717, 1.165) is 99.9 Å². The second-order valence-corrected chi connectivity index (χ2v) is 15.7. The molecule has 0 bridgehead atoms. The summed E-state index contributed by atoms with van der Waals surface area (Å²) in [6.07, 6.45) is 0. The van der Waals surface area contributed by atoms with Gasteiger partial charge in [-0.15, -0.1) is 11.3 Å². The van der Waals surface area contributed by atoms with Crippen LogP contribution in [-0.4, -0.2) is 15.0 Å². The summed E-state index contributed by atoms with van der Waals surface area (Å²) in [4.78, 5) is 15.9. The van der Waals surface area contributed by atoms with E-state index in [0.29, 0.717) is 0 Å². The van der Waals surface area contributed by atoms with Gasteiger partial charge in [0.05, 0.1) is 17.1 Å². The number of fused-ring (bicyclic) bond motifs is 9. The second-order valence-electron chi connectivity index (χ2n) is 14.7. The summed E-state index contributed by atoms with van der Waals surface area (Å²) in [6, 6.07) is 66.1. The van der Waals surface area contributed by atoms with E-state index in [1.165, 1.54) is 20.2 Å². The fourth-order valence-electron chi connectivity index (χ4n) is 8.60. The number of furan rings is 1. The molecule has 0 N–H and O–H groups in total. The van der Waals surface area contributed by atoms with Crippen molar-refractivity contribution in [3.8, 4) is 56.3 Å². The van der Waals surface area contributed by atoms with Crippen molar-refractivity contribution in [3.05, 3.63) is 188 Å². The fraction of sp³-hybridized carbons (Fsp3) is 0. The molecule has 8 aromatic carbocycles. The lowest BCUT2D eigenvalue weighted by atomic mass is 9.92. The Labute approximate surface area is 337 Å². The van der Waals surface area contributed by atoms with Crippen LogP contribution in [0.3, 0.4) is 0 Å². The zero-order valence-electron chi connectivity index (χ0n) is 31.1. The number of aromatic nitrogens is 3. The SMILES string of the molecule is c1ccc(-c2cc(-c3ccc(-c4cccc(-c5nc6c7ccccc7oc6c6ccccc56)c4)c4ccccc34)nc(-c3cccc4c3sc3ccccc34)n2)cc1. The van der Waals surface area contributed by atoms with Gasteiger partial charge in [0.15, 0.2) is 11.4 Å². The molecule has 4 aromatic heterocycles. The van der Waals surface area contributed by atoms with Crippen molar-refractivity contribution in [2.45, 2.75) is 0 Å². The van der Waals surface area contributed by atoms with Crippen LogP contribution in [0.15, 0.2) is 192 Å². The Morgan fingerprint density at radius 3 is 1.86 bits per heavy atom. The minimum atomic E-state index is 0.719. The predicted molar refractivity (Wildman–Crippen MR) is 242 cm³/mol. The van der Waals surface area contributed by atoms with E-state index < -0.39 is 0 Å². The van der Waals surface area contributed by atoms with E-state index in [-0.39, 0.29) is 0 Å². The largest absolute Gasteiger partial charge is 0.454 e. The monoisotopic (exact) mass is 757 g/mol. The molecule has 0 aliphatic carbocycles. The highest BCUT2D eigenvalue weighted by molar-refractivity contribution is 7.26. The van der Waals surface area contributed by atoms with Crippen LogP contribution in [-0.2, 0) is 0 Å². The average Bonchev–Trinajstić information content (AvgIpc) is 3.87. The molecule has 0 spiro atoms. The van der Waals surface area contributed by atoms with E-state index in [1.807, 2.05) is 24.3 Å². The molecule has 5 heteroatoms. The van der Waals surface area contributed by atoms with Crippen molar-refractivity contribution in [1.29, 1.82) is 0 Å². The van der Waals surface area contributed by atoms with Crippen LogP contribution in [0.5, 0.6) is 0 Å². The van der Waals surface area contributed by atoms with Crippen LogP contribution in [0, 0.1) is 0 Å². The van der Waals surface area contributed by atoms with Crippen LogP contribution in [0.25, 0.3) is 120 Å². The van der Waals surface area contributed by atoms with Crippen molar-refractivity contribution in [3.63, 3.8) is 0 Å². The summed E-state index contributed by atoms with van der Waals surface area (Å²) in [7, 11) is 0. The predicted octanol–water partition coefficient (Wildman–Crippen LogP) is 14.8. The van der Waals surface area contributed by atoms with E-state index in [9.17, 15) is 0 Å². The van der Waals surface area contributed by atoms with Gasteiger partial charge in [-0.25, -0.2) is 15.0 Å². The Bertz CT molecular complexity index is 3590. The molecule has 0 radical (unpaired) electrons. The molecule has 0 saturated carbocycles. The van der Waals surface area contributed by atoms with Gasteiger partial charge in [0, 0.05) is 58.6 Å². The summed E-state index contributed by atoms with van der Waals surface area (Å²) in [5.74, 6) is 0.719. The topological polar surface area (TPSA) is 51.8 Å². The Morgan fingerprint density at radius 1 is 0.379 bits per heavy atom. The molecule has 12 rings (SSSR count). The Hall–Kier alpha value is -7.47. The smallest absolute Gasteiger partial charge is 0.161 e. The summed E-state index contributed by atoms with van der Waals surface area (Å²) < 4.78 is 8.83. The molecule has 4 heterocycles. The molecule has 0 aliphatic heterocycles. The standard InChI is InChI=1S/C53H31N3OS/c1-2-14-32(15-3-1)45-31-46(55-53(54-45)44-25-13-24-42-39-20-9-11-27-48(39)58-52(42)44)38-29-28-35(36-18-4-5-19-37(36)38)33-16-12-17-34(30-33)49-40-21-6-7-22-41(40)51-50(56-49)43-23-8-10-26-47(43)57-51/h1-31H. The Balaban J connectivity index is 1.03. The Kier molecular flexibility index (Phi) is 7.37. The third-order valence-corrected chi connectivity index (χ3v) is 12.5. The van der Waals surface area contributed by atoms with Crippen molar-refractivity contribution in [2.75, 3.05) is 0 Å². The van der Waals surface area contributed by atoms with Crippen molar-refractivity contribution in [1.82, 2.24) is 15.0 Å². The highest BCUT2D eigenvalue weighted by Crippen LogP contribution is 2.43. The molecule has 0 amide bonds. The van der Waals surface area contributed by atoms with E-state index in [1.54, 1.807) is 11.3 Å². The van der Waals surface area contributed by atoms with E-state index in [2.05, 4.69) is 164 Å². The number of nitrogens with zero attached hydrogens (tertiary/aromatic N) is 3. The van der Waals surface area contributed by atoms with Crippen molar-refractivity contribution < 1.29 is 4.42 Å². The maximum absolute atomic E-state index is 6.37. The molecule has 58 heavy (non-hydrogen) atoms. The number of hydrogen-bond acceptors (Lipinski definition) is 5. The van der Waals surface area contributed by atoms with Gasteiger partial charge in [-0.1, -0.05) is 152 Å². The lowest BCUT2D eigenvalue weighted by molar-refractivity contribution is 0.672. The summed E-state index contributed by atoms with van der Waals surface area (Å²) in [5.41, 5.74) is 11.7. The second kappa shape index (κ2) is 13.1. The number of thiophene rings is 1. The van der Waals surface area contributed by atoms with E-state index >= 15 is 0 Å².